The van der Waals surface area contributed by atoms with Crippen LogP contribution in [0.5, 0.6) is 0 Å². The maximum atomic E-state index is 12.1. The number of hydroxylamine groups is 2. The van der Waals surface area contributed by atoms with Gasteiger partial charge in [0.25, 0.3) is 11.8 Å². The van der Waals surface area contributed by atoms with Crippen molar-refractivity contribution in [3.63, 3.8) is 0 Å². The molecule has 2 heterocycles. The quantitative estimate of drug-likeness (QED) is 0.814. The van der Waals surface area contributed by atoms with E-state index >= 15 is 0 Å². The molecule has 0 aliphatic carbocycles. The largest absolute Gasteiger partial charge is 0.285 e. The summed E-state index contributed by atoms with van der Waals surface area (Å²) in [6.07, 6.45) is 0. The molecule has 0 N–H and O–H groups in total. The molecule has 0 saturated carbocycles. The molecule has 5 nitrogen and oxygen atoms in total. The lowest BCUT2D eigenvalue weighted by molar-refractivity contribution is -0.0999. The molecule has 0 saturated heterocycles. The minimum Gasteiger partial charge on any atom is -0.266 e. The first-order valence-corrected chi connectivity index (χ1v) is 6.93. The number of amides is 2. The Morgan fingerprint density at radius 1 is 1.15 bits per heavy atom. The lowest BCUT2D eigenvalue weighted by atomic mass is 10.1. The van der Waals surface area contributed by atoms with Gasteiger partial charge in [0.1, 0.15) is 6.61 Å². The molecule has 0 fully saturated rings. The van der Waals surface area contributed by atoms with Crippen molar-refractivity contribution in [1.29, 1.82) is 0 Å². The molecular formula is C14H12N2O3S. The predicted octanol–water partition coefficient (Wildman–Crippen LogP) is 2.49. The Balaban J connectivity index is 1.79. The Hall–Kier alpha value is -2.05. The molecular weight excluding hydrogens is 276 g/mol. The smallest absolute Gasteiger partial charge is 0.266 e. The van der Waals surface area contributed by atoms with Crippen LogP contribution in [0.4, 0.5) is 0 Å². The zero-order valence-corrected chi connectivity index (χ0v) is 11.9. The normalized spacial score (nSPS) is 14.0. The molecule has 0 radical (unpaired) electrons. The van der Waals surface area contributed by atoms with E-state index in [0.717, 1.165) is 20.6 Å². The number of nitrogens with zero attached hydrogens (tertiary/aromatic N) is 2. The van der Waals surface area contributed by atoms with Crippen molar-refractivity contribution in [3.8, 4) is 0 Å². The molecule has 0 atom stereocenters. The average Bonchev–Trinajstić information content (AvgIpc) is 2.87. The van der Waals surface area contributed by atoms with E-state index in [0.29, 0.717) is 11.1 Å². The number of aryl methyl sites for hydroxylation is 2. The van der Waals surface area contributed by atoms with Crippen LogP contribution in [0.1, 0.15) is 36.3 Å². The Kier molecular flexibility index (Phi) is 3.11. The molecule has 1 aliphatic rings. The fourth-order valence-electron chi connectivity index (χ4n) is 2.11. The first-order chi connectivity index (χ1) is 9.58. The SMILES string of the molecule is Cc1nc(C)c(CON2C(=O)c3ccccc3C2=O)s1. The fourth-order valence-corrected chi connectivity index (χ4v) is 2.96. The number of fused-ring (bicyclic) bond motifs is 1. The van der Waals surface area contributed by atoms with E-state index in [2.05, 4.69) is 4.98 Å². The van der Waals surface area contributed by atoms with Crippen molar-refractivity contribution in [2.75, 3.05) is 0 Å². The number of thiazole rings is 1. The summed E-state index contributed by atoms with van der Waals surface area (Å²) in [6.45, 7) is 3.95. The van der Waals surface area contributed by atoms with Crippen molar-refractivity contribution in [2.24, 2.45) is 0 Å². The third kappa shape index (κ3) is 2.03. The van der Waals surface area contributed by atoms with E-state index in [-0.39, 0.29) is 6.61 Å². The molecule has 2 aromatic rings. The summed E-state index contributed by atoms with van der Waals surface area (Å²) >= 11 is 1.50. The van der Waals surface area contributed by atoms with Gasteiger partial charge in [0, 0.05) is 0 Å². The van der Waals surface area contributed by atoms with E-state index < -0.39 is 11.8 Å². The number of benzene rings is 1. The van der Waals surface area contributed by atoms with Gasteiger partial charge in [-0.25, -0.2) is 4.98 Å². The Labute approximate surface area is 119 Å². The topological polar surface area (TPSA) is 59.5 Å². The van der Waals surface area contributed by atoms with E-state index in [1.165, 1.54) is 11.3 Å². The van der Waals surface area contributed by atoms with Crippen LogP contribution in [-0.2, 0) is 11.4 Å². The number of hydrogen-bond donors (Lipinski definition) is 0. The zero-order chi connectivity index (χ0) is 14.3. The summed E-state index contributed by atoms with van der Waals surface area (Å²) < 4.78 is 0. The highest BCUT2D eigenvalue weighted by Crippen LogP contribution is 2.25. The maximum Gasteiger partial charge on any atom is 0.285 e. The lowest BCUT2D eigenvalue weighted by Gasteiger charge is -2.12. The zero-order valence-electron chi connectivity index (χ0n) is 11.0. The molecule has 2 amide bonds. The van der Waals surface area contributed by atoms with E-state index in [1.54, 1.807) is 24.3 Å². The monoisotopic (exact) mass is 288 g/mol. The number of imide groups is 1. The maximum absolute atomic E-state index is 12.1. The summed E-state index contributed by atoms with van der Waals surface area (Å²) in [5.41, 5.74) is 1.63. The first-order valence-electron chi connectivity index (χ1n) is 6.11. The average molecular weight is 288 g/mol. The van der Waals surface area contributed by atoms with Crippen LogP contribution in [0.15, 0.2) is 24.3 Å². The molecule has 102 valence electrons. The van der Waals surface area contributed by atoms with Gasteiger partial charge < -0.3 is 0 Å². The van der Waals surface area contributed by atoms with E-state index in [4.69, 9.17) is 4.84 Å². The van der Waals surface area contributed by atoms with Gasteiger partial charge >= 0.3 is 0 Å². The highest BCUT2D eigenvalue weighted by molar-refractivity contribution is 7.11. The van der Waals surface area contributed by atoms with E-state index in [9.17, 15) is 9.59 Å². The Bertz CT molecular complexity index is 673. The Morgan fingerprint density at radius 2 is 1.75 bits per heavy atom. The number of aromatic nitrogens is 1. The lowest BCUT2D eigenvalue weighted by Crippen LogP contribution is -2.29. The van der Waals surface area contributed by atoms with Crippen molar-refractivity contribution >= 4 is 23.2 Å². The second-order valence-corrected chi connectivity index (χ2v) is 5.75. The molecule has 1 aliphatic heterocycles. The number of rotatable bonds is 3. The highest BCUT2D eigenvalue weighted by Gasteiger charge is 2.36. The minimum atomic E-state index is -0.413. The van der Waals surface area contributed by atoms with Gasteiger partial charge in [0.2, 0.25) is 0 Å². The summed E-state index contributed by atoms with van der Waals surface area (Å²) in [7, 11) is 0. The second-order valence-electron chi connectivity index (χ2n) is 4.47. The minimum absolute atomic E-state index is 0.169. The third-order valence-corrected chi connectivity index (χ3v) is 4.13. The predicted molar refractivity (Wildman–Crippen MR) is 73.3 cm³/mol. The van der Waals surface area contributed by atoms with Crippen LogP contribution in [0.3, 0.4) is 0 Å². The molecule has 3 rings (SSSR count). The van der Waals surface area contributed by atoms with Crippen LogP contribution in [-0.4, -0.2) is 21.9 Å². The van der Waals surface area contributed by atoms with Gasteiger partial charge in [0.15, 0.2) is 0 Å². The van der Waals surface area contributed by atoms with Crippen LogP contribution in [0, 0.1) is 13.8 Å². The summed E-state index contributed by atoms with van der Waals surface area (Å²) in [6, 6.07) is 6.70. The van der Waals surface area contributed by atoms with Gasteiger partial charge in [-0.3, -0.25) is 14.4 Å². The van der Waals surface area contributed by atoms with Crippen LogP contribution >= 0.6 is 11.3 Å². The number of carbonyl (C=O) groups is 2. The van der Waals surface area contributed by atoms with Crippen molar-refractivity contribution in [2.45, 2.75) is 20.5 Å². The molecule has 0 spiro atoms. The van der Waals surface area contributed by atoms with Crippen molar-refractivity contribution in [1.82, 2.24) is 10.0 Å². The molecule has 6 heteroatoms. The summed E-state index contributed by atoms with van der Waals surface area (Å²) in [5.74, 6) is -0.825. The van der Waals surface area contributed by atoms with Crippen LogP contribution < -0.4 is 0 Å². The summed E-state index contributed by atoms with van der Waals surface area (Å²) in [5, 5.41) is 1.77. The van der Waals surface area contributed by atoms with Crippen molar-refractivity contribution in [3.05, 3.63) is 51.0 Å². The van der Waals surface area contributed by atoms with Crippen LogP contribution in [0.2, 0.25) is 0 Å². The van der Waals surface area contributed by atoms with E-state index in [1.807, 2.05) is 13.8 Å². The van der Waals surface area contributed by atoms with Gasteiger partial charge in [-0.05, 0) is 26.0 Å². The Morgan fingerprint density at radius 3 is 2.25 bits per heavy atom. The molecule has 1 aromatic carbocycles. The number of hydrogen-bond acceptors (Lipinski definition) is 5. The van der Waals surface area contributed by atoms with Crippen molar-refractivity contribution < 1.29 is 14.4 Å². The second kappa shape index (κ2) is 4.81. The molecule has 1 aromatic heterocycles. The number of carbonyl (C=O) groups excluding carboxylic acids is 2. The fraction of sp³-hybridized carbons (Fsp3) is 0.214. The van der Waals surface area contributed by atoms with Gasteiger partial charge in [0.05, 0.1) is 26.7 Å². The summed E-state index contributed by atoms with van der Waals surface area (Å²) in [4.78, 5) is 34.8. The third-order valence-electron chi connectivity index (χ3n) is 3.08. The van der Waals surface area contributed by atoms with Crippen LogP contribution in [0.25, 0.3) is 0 Å². The molecule has 20 heavy (non-hydrogen) atoms. The molecule has 0 unspecified atom stereocenters. The van der Waals surface area contributed by atoms with Gasteiger partial charge in [-0.2, -0.15) is 0 Å². The first kappa shape index (κ1) is 13.0. The highest BCUT2D eigenvalue weighted by atomic mass is 32.1. The van der Waals surface area contributed by atoms with Gasteiger partial charge in [-0.1, -0.05) is 12.1 Å². The van der Waals surface area contributed by atoms with Gasteiger partial charge in [-0.15, -0.1) is 16.4 Å². The standard InChI is InChI=1S/C14H12N2O3S/c1-8-12(20-9(2)15-8)7-19-16-13(17)10-5-3-4-6-11(10)14(16)18/h3-6H,7H2,1-2H3. The molecule has 0 bridgehead atoms.